The number of hydrogen-bond donors (Lipinski definition) is 3. The zero-order valence-corrected chi connectivity index (χ0v) is 7.70. The van der Waals surface area contributed by atoms with Crippen molar-refractivity contribution in [3.8, 4) is 0 Å². The van der Waals surface area contributed by atoms with Crippen LogP contribution in [0.25, 0.3) is 0 Å². The summed E-state index contributed by atoms with van der Waals surface area (Å²) in [4.78, 5) is 0. The van der Waals surface area contributed by atoms with E-state index in [4.69, 9.17) is 15.8 Å². The van der Waals surface area contributed by atoms with Crippen LogP contribution in [0.3, 0.4) is 0 Å². The van der Waals surface area contributed by atoms with Gasteiger partial charge in [0.05, 0.1) is 0 Å². The van der Waals surface area contributed by atoms with Crippen LogP contribution in [0, 0.1) is 0 Å². The molecule has 0 heterocycles. The molecule has 3 nitrogen and oxygen atoms in total. The molecule has 1 aromatic carbocycles. The standard InChI is InChI=1S/C9H14BNO2/c1-2-3-7-4-5-8(11)6-9(7)10(12)13/h4-6,12-13H,2-3,11H2,1H3. The second-order valence-corrected chi connectivity index (χ2v) is 3.08. The minimum absolute atomic E-state index is 0.516. The molecule has 0 atom stereocenters. The van der Waals surface area contributed by atoms with Gasteiger partial charge in [0.15, 0.2) is 0 Å². The number of benzene rings is 1. The topological polar surface area (TPSA) is 66.5 Å². The summed E-state index contributed by atoms with van der Waals surface area (Å²) in [6.45, 7) is 2.05. The van der Waals surface area contributed by atoms with Crippen molar-refractivity contribution in [2.24, 2.45) is 0 Å². The lowest BCUT2D eigenvalue weighted by atomic mass is 9.76. The minimum Gasteiger partial charge on any atom is -0.423 e. The first-order valence-corrected chi connectivity index (χ1v) is 4.39. The highest BCUT2D eigenvalue weighted by Crippen LogP contribution is 2.06. The fraction of sp³-hybridized carbons (Fsp3) is 0.333. The highest BCUT2D eigenvalue weighted by Gasteiger charge is 2.15. The number of nitrogen functional groups attached to an aromatic ring is 1. The van der Waals surface area contributed by atoms with E-state index in [1.807, 2.05) is 13.0 Å². The zero-order valence-electron chi connectivity index (χ0n) is 7.70. The van der Waals surface area contributed by atoms with Crippen molar-refractivity contribution in [3.05, 3.63) is 23.8 Å². The Kier molecular flexibility index (Phi) is 3.34. The molecular weight excluding hydrogens is 165 g/mol. The summed E-state index contributed by atoms with van der Waals surface area (Å²) in [5, 5.41) is 18.1. The maximum absolute atomic E-state index is 9.06. The summed E-state index contributed by atoms with van der Waals surface area (Å²) in [5.41, 5.74) is 7.56. The maximum Gasteiger partial charge on any atom is 0.488 e. The van der Waals surface area contributed by atoms with E-state index in [1.54, 1.807) is 12.1 Å². The third-order valence-electron chi connectivity index (χ3n) is 1.97. The lowest BCUT2D eigenvalue weighted by Gasteiger charge is -2.08. The molecule has 0 spiro atoms. The Hall–Kier alpha value is -0.995. The largest absolute Gasteiger partial charge is 0.488 e. The molecule has 0 unspecified atom stereocenters. The van der Waals surface area contributed by atoms with Gasteiger partial charge in [-0.25, -0.2) is 0 Å². The number of anilines is 1. The van der Waals surface area contributed by atoms with E-state index in [1.165, 1.54) is 0 Å². The Morgan fingerprint density at radius 3 is 2.62 bits per heavy atom. The summed E-state index contributed by atoms with van der Waals surface area (Å²) in [7, 11) is -1.43. The summed E-state index contributed by atoms with van der Waals surface area (Å²) in [6, 6.07) is 5.22. The molecule has 0 radical (unpaired) electrons. The normalized spacial score (nSPS) is 10.1. The number of hydrogen-bond acceptors (Lipinski definition) is 3. The highest BCUT2D eigenvalue weighted by atomic mass is 16.4. The average molecular weight is 179 g/mol. The summed E-state index contributed by atoms with van der Waals surface area (Å²) < 4.78 is 0. The molecule has 70 valence electrons. The summed E-state index contributed by atoms with van der Waals surface area (Å²) in [5.74, 6) is 0. The van der Waals surface area contributed by atoms with Crippen molar-refractivity contribution >= 4 is 18.3 Å². The van der Waals surface area contributed by atoms with Crippen molar-refractivity contribution in [1.82, 2.24) is 0 Å². The van der Waals surface area contributed by atoms with Gasteiger partial charge in [0.2, 0.25) is 0 Å². The van der Waals surface area contributed by atoms with Crippen molar-refractivity contribution in [2.75, 3.05) is 5.73 Å². The predicted molar refractivity (Wildman–Crippen MR) is 54.7 cm³/mol. The van der Waals surface area contributed by atoms with E-state index in [2.05, 4.69) is 0 Å². The molecule has 0 aromatic heterocycles. The van der Waals surface area contributed by atoms with Crippen LogP contribution < -0.4 is 11.2 Å². The van der Waals surface area contributed by atoms with E-state index < -0.39 is 7.12 Å². The third kappa shape index (κ3) is 2.47. The van der Waals surface area contributed by atoms with Crippen molar-refractivity contribution in [3.63, 3.8) is 0 Å². The molecule has 0 amide bonds. The Labute approximate surface area is 78.3 Å². The molecule has 0 aliphatic rings. The molecule has 4 N–H and O–H groups in total. The van der Waals surface area contributed by atoms with Crippen LogP contribution in [0.4, 0.5) is 5.69 Å². The van der Waals surface area contributed by atoms with Crippen molar-refractivity contribution < 1.29 is 10.0 Å². The van der Waals surface area contributed by atoms with Gasteiger partial charge in [-0.3, -0.25) is 0 Å². The Morgan fingerprint density at radius 1 is 1.38 bits per heavy atom. The zero-order chi connectivity index (χ0) is 9.84. The molecule has 0 saturated carbocycles. The van der Waals surface area contributed by atoms with Gasteiger partial charge in [0.1, 0.15) is 0 Å². The van der Waals surface area contributed by atoms with E-state index >= 15 is 0 Å². The maximum atomic E-state index is 9.06. The van der Waals surface area contributed by atoms with Gasteiger partial charge < -0.3 is 15.8 Å². The van der Waals surface area contributed by atoms with Gasteiger partial charge >= 0.3 is 7.12 Å². The molecule has 1 aromatic rings. The molecule has 1 rings (SSSR count). The first kappa shape index (κ1) is 10.1. The van der Waals surface area contributed by atoms with Crippen LogP contribution in [0.1, 0.15) is 18.9 Å². The molecule has 13 heavy (non-hydrogen) atoms. The van der Waals surface area contributed by atoms with Crippen LogP contribution in [0.15, 0.2) is 18.2 Å². The number of rotatable bonds is 3. The number of nitrogens with two attached hydrogens (primary N) is 1. The molecule has 0 fully saturated rings. The Morgan fingerprint density at radius 2 is 2.08 bits per heavy atom. The van der Waals surface area contributed by atoms with Gasteiger partial charge in [0, 0.05) is 5.69 Å². The number of aryl methyl sites for hydroxylation is 1. The fourth-order valence-corrected chi connectivity index (χ4v) is 1.35. The highest BCUT2D eigenvalue weighted by molar-refractivity contribution is 6.59. The molecule has 0 aliphatic carbocycles. The van der Waals surface area contributed by atoms with E-state index in [9.17, 15) is 0 Å². The van der Waals surface area contributed by atoms with Gasteiger partial charge in [-0.1, -0.05) is 19.4 Å². The van der Waals surface area contributed by atoms with E-state index in [0.29, 0.717) is 11.2 Å². The van der Waals surface area contributed by atoms with Crippen LogP contribution >= 0.6 is 0 Å². The quantitative estimate of drug-likeness (QED) is 0.448. The molecule has 4 heteroatoms. The fourth-order valence-electron chi connectivity index (χ4n) is 1.35. The van der Waals surface area contributed by atoms with E-state index in [0.717, 1.165) is 18.4 Å². The Balaban J connectivity index is 3.03. The third-order valence-corrected chi connectivity index (χ3v) is 1.97. The van der Waals surface area contributed by atoms with Gasteiger partial charge in [-0.2, -0.15) is 0 Å². The van der Waals surface area contributed by atoms with Crippen molar-refractivity contribution in [2.45, 2.75) is 19.8 Å². The van der Waals surface area contributed by atoms with Gasteiger partial charge in [-0.15, -0.1) is 0 Å². The van der Waals surface area contributed by atoms with Gasteiger partial charge in [-0.05, 0) is 29.6 Å². The second kappa shape index (κ2) is 4.30. The monoisotopic (exact) mass is 179 g/mol. The van der Waals surface area contributed by atoms with Crippen LogP contribution in [-0.4, -0.2) is 17.2 Å². The summed E-state index contributed by atoms with van der Waals surface area (Å²) in [6.07, 6.45) is 1.82. The molecular formula is C9H14BNO2. The summed E-state index contributed by atoms with van der Waals surface area (Å²) >= 11 is 0. The SMILES string of the molecule is CCCc1ccc(N)cc1B(O)O. The molecule has 0 saturated heterocycles. The van der Waals surface area contributed by atoms with E-state index in [-0.39, 0.29) is 0 Å². The predicted octanol–water partition coefficient (Wildman–Crippen LogP) is -0.0989. The minimum atomic E-state index is -1.43. The van der Waals surface area contributed by atoms with Crippen LogP contribution in [0.2, 0.25) is 0 Å². The van der Waals surface area contributed by atoms with Gasteiger partial charge in [0.25, 0.3) is 0 Å². The van der Waals surface area contributed by atoms with Crippen molar-refractivity contribution in [1.29, 1.82) is 0 Å². The molecule has 0 aliphatic heterocycles. The smallest absolute Gasteiger partial charge is 0.423 e. The lowest BCUT2D eigenvalue weighted by Crippen LogP contribution is -2.33. The first-order chi connectivity index (χ1) is 6.15. The average Bonchev–Trinajstić information content (AvgIpc) is 2.08. The second-order valence-electron chi connectivity index (χ2n) is 3.08. The Bertz CT molecular complexity index is 289. The first-order valence-electron chi connectivity index (χ1n) is 4.39. The lowest BCUT2D eigenvalue weighted by molar-refractivity contribution is 0.425. The van der Waals surface area contributed by atoms with Crippen LogP contribution in [-0.2, 0) is 6.42 Å². The molecule has 0 bridgehead atoms. The van der Waals surface area contributed by atoms with Crippen LogP contribution in [0.5, 0.6) is 0 Å².